The highest BCUT2D eigenvalue weighted by Gasteiger charge is 2.22. The lowest BCUT2D eigenvalue weighted by Crippen LogP contribution is -2.13. The summed E-state index contributed by atoms with van der Waals surface area (Å²) in [7, 11) is 0. The highest BCUT2D eigenvalue weighted by molar-refractivity contribution is 6.17. The minimum absolute atomic E-state index is 0.0503. The van der Waals surface area contributed by atoms with Gasteiger partial charge in [-0.3, -0.25) is 14.9 Å². The van der Waals surface area contributed by atoms with Crippen LogP contribution in [0.2, 0.25) is 0 Å². The Hall–Kier alpha value is -1.96. The summed E-state index contributed by atoms with van der Waals surface area (Å²) in [6, 6.07) is 1.94. The molecule has 0 aliphatic rings. The number of alkyl halides is 3. The molecule has 0 atom stereocenters. The first-order valence-corrected chi connectivity index (χ1v) is 6.39. The third kappa shape index (κ3) is 4.82. The highest BCUT2D eigenvalue weighted by atomic mass is 35.5. The van der Waals surface area contributed by atoms with Gasteiger partial charge >= 0.3 is 12.6 Å². The number of hydrogen-bond donors (Lipinski definition) is 0. The molecule has 0 aliphatic carbocycles. The summed E-state index contributed by atoms with van der Waals surface area (Å²) in [5.74, 6) is -1.32. The fraction of sp³-hybridized carbons (Fsp3) is 0.417. The Bertz CT molecular complexity index is 539. The highest BCUT2D eigenvalue weighted by Crippen LogP contribution is 2.31. The van der Waals surface area contributed by atoms with E-state index < -0.39 is 28.9 Å². The van der Waals surface area contributed by atoms with Crippen molar-refractivity contribution in [3.63, 3.8) is 0 Å². The second kappa shape index (κ2) is 7.72. The minimum atomic E-state index is -3.18. The van der Waals surface area contributed by atoms with Crippen molar-refractivity contribution in [2.75, 3.05) is 6.61 Å². The van der Waals surface area contributed by atoms with Crippen LogP contribution in [0.1, 0.15) is 18.1 Å². The van der Waals surface area contributed by atoms with E-state index in [0.29, 0.717) is 0 Å². The van der Waals surface area contributed by atoms with Crippen molar-refractivity contribution in [3.8, 4) is 5.75 Å². The molecular formula is C12H12ClF2NO5. The van der Waals surface area contributed by atoms with Crippen molar-refractivity contribution in [3.05, 3.63) is 33.4 Å². The molecule has 0 saturated heterocycles. The Morgan fingerprint density at radius 3 is 2.62 bits per heavy atom. The Kier molecular flexibility index (Phi) is 6.29. The van der Waals surface area contributed by atoms with Gasteiger partial charge in [-0.25, -0.2) is 0 Å². The molecule has 0 spiro atoms. The average molecular weight is 324 g/mol. The van der Waals surface area contributed by atoms with Crippen LogP contribution in [-0.2, 0) is 21.8 Å². The molecule has 0 aliphatic heterocycles. The van der Waals surface area contributed by atoms with E-state index in [-0.39, 0.29) is 30.0 Å². The third-order valence-corrected chi connectivity index (χ3v) is 2.77. The van der Waals surface area contributed by atoms with E-state index in [2.05, 4.69) is 4.74 Å². The number of carbonyl (C=O) groups is 1. The van der Waals surface area contributed by atoms with Crippen LogP contribution in [0.3, 0.4) is 0 Å². The van der Waals surface area contributed by atoms with Crippen LogP contribution < -0.4 is 4.74 Å². The van der Waals surface area contributed by atoms with Crippen LogP contribution in [0, 0.1) is 10.1 Å². The summed E-state index contributed by atoms with van der Waals surface area (Å²) in [5.41, 5.74) is -0.238. The molecule has 21 heavy (non-hydrogen) atoms. The van der Waals surface area contributed by atoms with E-state index in [4.69, 9.17) is 16.3 Å². The van der Waals surface area contributed by atoms with E-state index in [1.165, 1.54) is 0 Å². The number of hydrogen-bond acceptors (Lipinski definition) is 5. The maximum Gasteiger partial charge on any atom is 0.387 e. The smallest absolute Gasteiger partial charge is 0.387 e. The van der Waals surface area contributed by atoms with Gasteiger partial charge in [0.1, 0.15) is 5.75 Å². The van der Waals surface area contributed by atoms with Crippen LogP contribution >= 0.6 is 11.6 Å². The Labute approximate surface area is 123 Å². The SMILES string of the molecule is CCOC(=O)Cc1c(CCl)cc([N+](=O)[O-])cc1OC(F)F. The van der Waals surface area contributed by atoms with Gasteiger partial charge in [0.2, 0.25) is 0 Å². The number of nitro benzene ring substituents is 1. The Balaban J connectivity index is 3.28. The predicted octanol–water partition coefficient (Wildman–Crippen LogP) is 3.04. The fourth-order valence-corrected chi connectivity index (χ4v) is 1.91. The van der Waals surface area contributed by atoms with E-state index in [1.807, 2.05) is 0 Å². The first kappa shape index (κ1) is 17.1. The van der Waals surface area contributed by atoms with Gasteiger partial charge in [0.25, 0.3) is 5.69 Å². The van der Waals surface area contributed by atoms with Crippen molar-refractivity contribution < 1.29 is 28.0 Å². The lowest BCUT2D eigenvalue weighted by atomic mass is 10.0. The van der Waals surface area contributed by atoms with Gasteiger partial charge in [0.15, 0.2) is 0 Å². The molecule has 116 valence electrons. The molecule has 0 radical (unpaired) electrons. The molecule has 0 heterocycles. The van der Waals surface area contributed by atoms with E-state index in [9.17, 15) is 23.7 Å². The number of rotatable bonds is 7. The lowest BCUT2D eigenvalue weighted by Gasteiger charge is -2.13. The molecular weight excluding hydrogens is 312 g/mol. The second-order valence-electron chi connectivity index (χ2n) is 3.83. The Morgan fingerprint density at radius 2 is 2.14 bits per heavy atom. The van der Waals surface area contributed by atoms with Crippen molar-refractivity contribution in [1.29, 1.82) is 0 Å². The zero-order chi connectivity index (χ0) is 16.0. The lowest BCUT2D eigenvalue weighted by molar-refractivity contribution is -0.385. The maximum absolute atomic E-state index is 12.4. The molecule has 0 aromatic heterocycles. The van der Waals surface area contributed by atoms with Gasteiger partial charge < -0.3 is 9.47 Å². The van der Waals surface area contributed by atoms with Crippen LogP contribution in [0.4, 0.5) is 14.5 Å². The van der Waals surface area contributed by atoms with Gasteiger partial charge in [-0.05, 0) is 12.5 Å². The average Bonchev–Trinajstić information content (AvgIpc) is 2.39. The number of carbonyl (C=O) groups excluding carboxylic acids is 1. The predicted molar refractivity (Wildman–Crippen MR) is 69.6 cm³/mol. The van der Waals surface area contributed by atoms with E-state index >= 15 is 0 Å². The second-order valence-corrected chi connectivity index (χ2v) is 4.10. The van der Waals surface area contributed by atoms with Gasteiger partial charge in [0.05, 0.1) is 24.0 Å². The number of halogens is 3. The summed E-state index contributed by atoms with van der Waals surface area (Å²) in [5, 5.41) is 10.8. The molecule has 6 nitrogen and oxygen atoms in total. The molecule has 1 aromatic carbocycles. The molecule has 1 aromatic rings. The zero-order valence-corrected chi connectivity index (χ0v) is 11.7. The normalized spacial score (nSPS) is 10.5. The molecule has 0 saturated carbocycles. The molecule has 9 heteroatoms. The molecule has 0 amide bonds. The first-order valence-electron chi connectivity index (χ1n) is 5.85. The number of nitro groups is 1. The minimum Gasteiger partial charge on any atom is -0.466 e. The quantitative estimate of drug-likeness (QED) is 0.333. The van der Waals surface area contributed by atoms with E-state index in [0.717, 1.165) is 12.1 Å². The van der Waals surface area contributed by atoms with Gasteiger partial charge in [-0.1, -0.05) is 0 Å². The molecule has 0 N–H and O–H groups in total. The van der Waals surface area contributed by atoms with Crippen LogP contribution in [0.5, 0.6) is 5.75 Å². The summed E-state index contributed by atoms with van der Waals surface area (Å²) in [6.07, 6.45) is -0.365. The summed E-state index contributed by atoms with van der Waals surface area (Å²) >= 11 is 5.66. The standard InChI is InChI=1S/C12H12ClF2NO5/c1-2-20-11(17)5-9-7(6-13)3-8(16(18)19)4-10(9)21-12(14)15/h3-4,12H,2,5-6H2,1H3. The van der Waals surface area contributed by atoms with Crippen molar-refractivity contribution in [2.45, 2.75) is 25.8 Å². The number of benzene rings is 1. The molecule has 1 rings (SSSR count). The van der Waals surface area contributed by atoms with Crippen molar-refractivity contribution in [2.24, 2.45) is 0 Å². The number of esters is 1. The van der Waals surface area contributed by atoms with Crippen LogP contribution in [0.25, 0.3) is 0 Å². The van der Waals surface area contributed by atoms with E-state index in [1.54, 1.807) is 6.92 Å². The maximum atomic E-state index is 12.4. The fourth-order valence-electron chi connectivity index (χ4n) is 1.67. The largest absolute Gasteiger partial charge is 0.466 e. The summed E-state index contributed by atoms with van der Waals surface area (Å²) in [6.45, 7) is -1.48. The topological polar surface area (TPSA) is 78.7 Å². The number of nitrogens with zero attached hydrogens (tertiary/aromatic N) is 1. The summed E-state index contributed by atoms with van der Waals surface area (Å²) < 4.78 is 33.8. The van der Waals surface area contributed by atoms with Gasteiger partial charge in [-0.15, -0.1) is 11.6 Å². The molecule has 0 bridgehead atoms. The van der Waals surface area contributed by atoms with Crippen LogP contribution in [-0.4, -0.2) is 24.1 Å². The van der Waals surface area contributed by atoms with Crippen molar-refractivity contribution in [1.82, 2.24) is 0 Å². The molecule has 0 unspecified atom stereocenters. The van der Waals surface area contributed by atoms with Crippen LogP contribution in [0.15, 0.2) is 12.1 Å². The Morgan fingerprint density at radius 1 is 1.48 bits per heavy atom. The monoisotopic (exact) mass is 323 g/mol. The number of ether oxygens (including phenoxy) is 2. The first-order chi connectivity index (χ1) is 9.88. The number of non-ortho nitro benzene ring substituents is 1. The van der Waals surface area contributed by atoms with Gasteiger partial charge in [-0.2, -0.15) is 8.78 Å². The zero-order valence-electron chi connectivity index (χ0n) is 11.0. The molecule has 0 fully saturated rings. The van der Waals surface area contributed by atoms with Gasteiger partial charge in [0, 0.05) is 17.5 Å². The third-order valence-electron chi connectivity index (χ3n) is 2.48. The van der Waals surface area contributed by atoms with Crippen molar-refractivity contribution >= 4 is 23.3 Å². The summed E-state index contributed by atoms with van der Waals surface area (Å²) in [4.78, 5) is 21.5.